The van der Waals surface area contributed by atoms with Crippen LogP contribution in [-0.2, 0) is 14.3 Å². The Morgan fingerprint density at radius 3 is 2.07 bits per heavy atom. The van der Waals surface area contributed by atoms with E-state index in [2.05, 4.69) is 0 Å². The fourth-order valence-electron chi connectivity index (χ4n) is 1.89. The molecule has 1 heterocycles. The summed E-state index contributed by atoms with van der Waals surface area (Å²) in [5.41, 5.74) is 0. The van der Waals surface area contributed by atoms with E-state index in [1.807, 2.05) is 18.7 Å². The molecule has 88 valence electrons. The Morgan fingerprint density at radius 1 is 1.27 bits per heavy atom. The van der Waals surface area contributed by atoms with Gasteiger partial charge in [-0.1, -0.05) is 0 Å². The predicted octanol–water partition coefficient (Wildman–Crippen LogP) is 0.197. The van der Waals surface area contributed by atoms with Gasteiger partial charge in [-0.2, -0.15) is 0 Å². The molecule has 0 aliphatic carbocycles. The molecule has 5 heteroatoms. The molecule has 0 aromatic rings. The minimum Gasteiger partial charge on any atom is -0.480 e. The van der Waals surface area contributed by atoms with Crippen LogP contribution in [-0.4, -0.2) is 61.0 Å². The number of hydrogen-bond acceptors (Lipinski definition) is 4. The molecule has 0 amide bonds. The molecule has 1 N–H and O–H groups in total. The number of carboxylic acid groups (broad SMARTS) is 1. The molecule has 1 saturated heterocycles. The Kier molecular flexibility index (Phi) is 5.01. The van der Waals surface area contributed by atoms with E-state index in [0.29, 0.717) is 26.3 Å². The molecule has 2 atom stereocenters. The Hall–Kier alpha value is -0.650. The number of rotatable bonds is 6. The first kappa shape index (κ1) is 12.4. The van der Waals surface area contributed by atoms with Gasteiger partial charge in [0.2, 0.25) is 0 Å². The van der Waals surface area contributed by atoms with Gasteiger partial charge in [0.15, 0.2) is 0 Å². The van der Waals surface area contributed by atoms with Crippen LogP contribution in [0, 0.1) is 0 Å². The molecule has 15 heavy (non-hydrogen) atoms. The topological polar surface area (TPSA) is 59.0 Å². The summed E-state index contributed by atoms with van der Waals surface area (Å²) < 4.78 is 11.0. The van der Waals surface area contributed by atoms with Gasteiger partial charge in [0, 0.05) is 26.3 Å². The van der Waals surface area contributed by atoms with Crippen LogP contribution in [0.25, 0.3) is 0 Å². The summed E-state index contributed by atoms with van der Waals surface area (Å²) in [5, 5.41) is 8.68. The quantitative estimate of drug-likeness (QED) is 0.688. The minimum absolute atomic E-state index is 0.00861. The maximum atomic E-state index is 10.6. The largest absolute Gasteiger partial charge is 0.480 e. The van der Waals surface area contributed by atoms with Gasteiger partial charge in [-0.05, 0) is 13.8 Å². The van der Waals surface area contributed by atoms with E-state index in [1.165, 1.54) is 0 Å². The number of ether oxygens (including phenoxy) is 2. The van der Waals surface area contributed by atoms with Crippen LogP contribution in [0.4, 0.5) is 0 Å². The molecule has 0 aromatic carbocycles. The maximum Gasteiger partial charge on any atom is 0.317 e. The lowest BCUT2D eigenvalue weighted by molar-refractivity contribution is -0.138. The van der Waals surface area contributed by atoms with Crippen LogP contribution < -0.4 is 0 Å². The van der Waals surface area contributed by atoms with Crippen molar-refractivity contribution in [1.29, 1.82) is 0 Å². The number of hydrogen-bond donors (Lipinski definition) is 1. The first-order valence-electron chi connectivity index (χ1n) is 5.34. The molecule has 0 spiro atoms. The smallest absolute Gasteiger partial charge is 0.317 e. The van der Waals surface area contributed by atoms with E-state index >= 15 is 0 Å². The molecule has 1 rings (SSSR count). The molecular weight excluding hydrogens is 198 g/mol. The lowest BCUT2D eigenvalue weighted by atomic mass is 10.2. The highest BCUT2D eigenvalue weighted by molar-refractivity contribution is 5.69. The SMILES string of the molecule is CCOC1CN(CC(=O)O)CC1OCC. The lowest BCUT2D eigenvalue weighted by Crippen LogP contribution is -2.29. The van der Waals surface area contributed by atoms with Crippen molar-refractivity contribution in [3.05, 3.63) is 0 Å². The number of nitrogens with zero attached hydrogens (tertiary/aromatic N) is 1. The zero-order valence-electron chi connectivity index (χ0n) is 9.31. The normalized spacial score (nSPS) is 27.1. The number of carboxylic acids is 1. The second kappa shape index (κ2) is 6.05. The number of aliphatic carboxylic acids is 1. The zero-order valence-corrected chi connectivity index (χ0v) is 9.31. The van der Waals surface area contributed by atoms with Crippen molar-refractivity contribution in [2.45, 2.75) is 26.1 Å². The highest BCUT2D eigenvalue weighted by Crippen LogP contribution is 2.16. The van der Waals surface area contributed by atoms with Crippen molar-refractivity contribution in [3.63, 3.8) is 0 Å². The van der Waals surface area contributed by atoms with Gasteiger partial charge in [0.25, 0.3) is 0 Å². The summed E-state index contributed by atoms with van der Waals surface area (Å²) in [6.45, 7) is 6.48. The van der Waals surface area contributed by atoms with Gasteiger partial charge in [-0.25, -0.2) is 0 Å². The highest BCUT2D eigenvalue weighted by atomic mass is 16.5. The van der Waals surface area contributed by atoms with Crippen LogP contribution in [0.1, 0.15) is 13.8 Å². The molecule has 1 fully saturated rings. The summed E-state index contributed by atoms with van der Waals surface area (Å²) in [7, 11) is 0. The first-order chi connectivity index (χ1) is 7.17. The monoisotopic (exact) mass is 217 g/mol. The standard InChI is InChI=1S/C10H19NO4/c1-3-14-8-5-11(7-10(12)13)6-9(8)15-4-2/h8-9H,3-7H2,1-2H3,(H,12,13). The third kappa shape index (κ3) is 3.77. The molecule has 0 aromatic heterocycles. The molecule has 1 aliphatic rings. The second-order valence-electron chi connectivity index (χ2n) is 3.58. The molecular formula is C10H19NO4. The molecule has 0 bridgehead atoms. The van der Waals surface area contributed by atoms with Gasteiger partial charge < -0.3 is 14.6 Å². The Labute approximate surface area is 90.0 Å². The molecule has 1 aliphatic heterocycles. The molecule has 0 saturated carbocycles. The van der Waals surface area contributed by atoms with Gasteiger partial charge in [-0.15, -0.1) is 0 Å². The molecule has 2 unspecified atom stereocenters. The average Bonchev–Trinajstić information content (AvgIpc) is 2.48. The predicted molar refractivity (Wildman–Crippen MR) is 54.9 cm³/mol. The molecule has 5 nitrogen and oxygen atoms in total. The summed E-state index contributed by atoms with van der Waals surface area (Å²) in [6, 6.07) is 0. The van der Waals surface area contributed by atoms with Crippen molar-refractivity contribution in [2.75, 3.05) is 32.8 Å². The summed E-state index contributed by atoms with van der Waals surface area (Å²) in [4.78, 5) is 12.4. The fraction of sp³-hybridized carbons (Fsp3) is 0.900. The number of carbonyl (C=O) groups is 1. The Balaban J connectivity index is 2.44. The van der Waals surface area contributed by atoms with E-state index < -0.39 is 5.97 Å². The Bertz CT molecular complexity index is 196. The summed E-state index contributed by atoms with van der Waals surface area (Å²) in [5.74, 6) is -0.803. The minimum atomic E-state index is -0.803. The van der Waals surface area contributed by atoms with E-state index in [9.17, 15) is 4.79 Å². The van der Waals surface area contributed by atoms with E-state index in [4.69, 9.17) is 14.6 Å². The average molecular weight is 217 g/mol. The van der Waals surface area contributed by atoms with E-state index in [0.717, 1.165) is 0 Å². The van der Waals surface area contributed by atoms with E-state index in [-0.39, 0.29) is 18.8 Å². The van der Waals surface area contributed by atoms with Crippen LogP contribution in [0.3, 0.4) is 0 Å². The highest BCUT2D eigenvalue weighted by Gasteiger charge is 2.34. The van der Waals surface area contributed by atoms with Crippen LogP contribution in [0.2, 0.25) is 0 Å². The maximum absolute atomic E-state index is 10.6. The van der Waals surface area contributed by atoms with Crippen LogP contribution >= 0.6 is 0 Å². The fourth-order valence-corrected chi connectivity index (χ4v) is 1.89. The van der Waals surface area contributed by atoms with Gasteiger partial charge in [-0.3, -0.25) is 9.69 Å². The van der Waals surface area contributed by atoms with Gasteiger partial charge in [0.1, 0.15) is 0 Å². The Morgan fingerprint density at radius 2 is 1.73 bits per heavy atom. The first-order valence-corrected chi connectivity index (χ1v) is 5.34. The zero-order chi connectivity index (χ0) is 11.3. The van der Waals surface area contributed by atoms with Gasteiger partial charge >= 0.3 is 5.97 Å². The summed E-state index contributed by atoms with van der Waals surface area (Å²) >= 11 is 0. The molecule has 0 radical (unpaired) electrons. The third-order valence-corrected chi connectivity index (χ3v) is 2.41. The third-order valence-electron chi connectivity index (χ3n) is 2.41. The second-order valence-corrected chi connectivity index (χ2v) is 3.58. The van der Waals surface area contributed by atoms with Crippen molar-refractivity contribution >= 4 is 5.97 Å². The van der Waals surface area contributed by atoms with Crippen molar-refractivity contribution in [3.8, 4) is 0 Å². The lowest BCUT2D eigenvalue weighted by Gasteiger charge is -2.17. The number of likely N-dealkylation sites (tertiary alicyclic amines) is 1. The van der Waals surface area contributed by atoms with Crippen molar-refractivity contribution in [1.82, 2.24) is 4.90 Å². The van der Waals surface area contributed by atoms with Crippen molar-refractivity contribution in [2.24, 2.45) is 0 Å². The summed E-state index contributed by atoms with van der Waals surface area (Å²) in [6.07, 6.45) is 0.0172. The van der Waals surface area contributed by atoms with Crippen molar-refractivity contribution < 1.29 is 19.4 Å². The van der Waals surface area contributed by atoms with Crippen LogP contribution in [0.15, 0.2) is 0 Å². The van der Waals surface area contributed by atoms with E-state index in [1.54, 1.807) is 0 Å². The van der Waals surface area contributed by atoms with Crippen LogP contribution in [0.5, 0.6) is 0 Å². The van der Waals surface area contributed by atoms with Gasteiger partial charge in [0.05, 0.1) is 18.8 Å².